The van der Waals surface area contributed by atoms with Crippen LogP contribution in [0.1, 0.15) is 50.5 Å². The fraction of sp³-hybridized carbons (Fsp3) is 0.424. The Balaban J connectivity index is 2.16. The summed E-state index contributed by atoms with van der Waals surface area (Å²) >= 11 is 6.75. The van der Waals surface area contributed by atoms with E-state index >= 15 is 0 Å². The van der Waals surface area contributed by atoms with Crippen LogP contribution in [0.5, 0.6) is 11.5 Å². The van der Waals surface area contributed by atoms with Crippen LogP contribution in [-0.4, -0.2) is 68.8 Å². The summed E-state index contributed by atoms with van der Waals surface area (Å²) < 4.78 is 40.7. The van der Waals surface area contributed by atoms with Crippen molar-refractivity contribution in [2.75, 3.05) is 26.4 Å². The SMILES string of the molecule is C=CCOC[C@H]1O[C@@H](c2cc(Cc3ccc(OCC)cc3)c(Cl)cc2OCC=C)[C@H](OC(C)=O)[C@@H](OC(C)=O)[C@@H]1OC(C)=O. The van der Waals surface area contributed by atoms with Gasteiger partial charge in [0.15, 0.2) is 18.3 Å². The van der Waals surface area contributed by atoms with Crippen molar-refractivity contribution < 1.29 is 47.5 Å². The first kappa shape index (κ1) is 34.6. The molecule has 0 aromatic heterocycles. The molecule has 11 heteroatoms. The van der Waals surface area contributed by atoms with Gasteiger partial charge in [0.25, 0.3) is 0 Å². The predicted molar refractivity (Wildman–Crippen MR) is 163 cm³/mol. The molecule has 10 nitrogen and oxygen atoms in total. The van der Waals surface area contributed by atoms with E-state index < -0.39 is 48.4 Å². The summed E-state index contributed by atoms with van der Waals surface area (Å²) in [4.78, 5) is 36.9. The highest BCUT2D eigenvalue weighted by atomic mass is 35.5. The summed E-state index contributed by atoms with van der Waals surface area (Å²) in [6.45, 7) is 13.8. The van der Waals surface area contributed by atoms with Crippen molar-refractivity contribution in [1.82, 2.24) is 0 Å². The van der Waals surface area contributed by atoms with Crippen LogP contribution in [0.15, 0.2) is 61.7 Å². The lowest BCUT2D eigenvalue weighted by Crippen LogP contribution is -2.59. The van der Waals surface area contributed by atoms with Crippen LogP contribution in [0.3, 0.4) is 0 Å². The Bertz CT molecular complexity index is 1310. The Hall–Kier alpha value is -3.86. The van der Waals surface area contributed by atoms with Gasteiger partial charge in [0.1, 0.15) is 30.3 Å². The minimum absolute atomic E-state index is 0.0551. The molecule has 5 atom stereocenters. The zero-order valence-electron chi connectivity index (χ0n) is 25.4. The first-order valence-electron chi connectivity index (χ1n) is 14.2. The molecule has 0 bridgehead atoms. The molecule has 0 aliphatic carbocycles. The van der Waals surface area contributed by atoms with Crippen molar-refractivity contribution in [3.8, 4) is 11.5 Å². The molecule has 1 aliphatic heterocycles. The number of rotatable bonds is 15. The largest absolute Gasteiger partial charge is 0.494 e. The lowest BCUT2D eigenvalue weighted by Gasteiger charge is -2.45. The number of esters is 3. The van der Waals surface area contributed by atoms with Gasteiger partial charge in [0.2, 0.25) is 0 Å². The van der Waals surface area contributed by atoms with E-state index in [1.54, 1.807) is 24.3 Å². The Morgan fingerprint density at radius 2 is 1.48 bits per heavy atom. The molecule has 0 radical (unpaired) electrons. The van der Waals surface area contributed by atoms with Crippen molar-refractivity contribution in [2.24, 2.45) is 0 Å². The second-order valence-electron chi connectivity index (χ2n) is 9.98. The number of hydrogen-bond donors (Lipinski definition) is 0. The molecular weight excluding hydrogens is 592 g/mol. The van der Waals surface area contributed by atoms with Crippen molar-refractivity contribution in [1.29, 1.82) is 0 Å². The molecule has 3 rings (SSSR count). The summed E-state index contributed by atoms with van der Waals surface area (Å²) in [6.07, 6.45) is -2.05. The summed E-state index contributed by atoms with van der Waals surface area (Å²) in [5, 5.41) is 0.432. The molecule has 2 aromatic rings. The van der Waals surface area contributed by atoms with Crippen LogP contribution in [0.25, 0.3) is 0 Å². The van der Waals surface area contributed by atoms with E-state index in [4.69, 9.17) is 44.8 Å². The first-order valence-corrected chi connectivity index (χ1v) is 14.6. The van der Waals surface area contributed by atoms with Crippen LogP contribution in [-0.2, 0) is 44.5 Å². The maximum atomic E-state index is 12.4. The Kier molecular flexibility index (Phi) is 13.3. The number of hydrogen-bond acceptors (Lipinski definition) is 10. The molecule has 1 aliphatic rings. The summed E-state index contributed by atoms with van der Waals surface area (Å²) in [5.41, 5.74) is 2.16. The molecule has 238 valence electrons. The molecule has 1 saturated heterocycles. The van der Waals surface area contributed by atoms with Gasteiger partial charge >= 0.3 is 17.9 Å². The Morgan fingerprint density at radius 1 is 0.864 bits per heavy atom. The number of ether oxygens (including phenoxy) is 7. The first-order chi connectivity index (χ1) is 21.1. The average Bonchev–Trinajstić information content (AvgIpc) is 2.96. The smallest absolute Gasteiger partial charge is 0.303 e. The lowest BCUT2D eigenvalue weighted by molar-refractivity contribution is -0.255. The second-order valence-corrected chi connectivity index (χ2v) is 10.4. The van der Waals surface area contributed by atoms with Gasteiger partial charge in [0.05, 0.1) is 19.8 Å². The summed E-state index contributed by atoms with van der Waals surface area (Å²) in [7, 11) is 0. The number of carbonyl (C=O) groups excluding carboxylic acids is 3. The minimum atomic E-state index is -1.24. The van der Waals surface area contributed by atoms with Crippen molar-refractivity contribution in [2.45, 2.75) is 64.6 Å². The van der Waals surface area contributed by atoms with E-state index in [0.29, 0.717) is 29.4 Å². The maximum absolute atomic E-state index is 12.4. The Labute approximate surface area is 262 Å². The van der Waals surface area contributed by atoms with E-state index in [2.05, 4.69) is 13.2 Å². The lowest BCUT2D eigenvalue weighted by atomic mass is 9.88. The predicted octanol–water partition coefficient (Wildman–Crippen LogP) is 5.33. The van der Waals surface area contributed by atoms with Gasteiger partial charge in [-0.3, -0.25) is 14.4 Å². The zero-order valence-corrected chi connectivity index (χ0v) is 26.2. The van der Waals surface area contributed by atoms with Crippen LogP contribution < -0.4 is 9.47 Å². The number of benzene rings is 2. The third-order valence-electron chi connectivity index (χ3n) is 6.53. The topological polar surface area (TPSA) is 116 Å². The molecule has 1 fully saturated rings. The molecule has 0 N–H and O–H groups in total. The van der Waals surface area contributed by atoms with Crippen molar-refractivity contribution in [3.05, 3.63) is 83.4 Å². The maximum Gasteiger partial charge on any atom is 0.303 e. The van der Waals surface area contributed by atoms with Crippen LogP contribution in [0.2, 0.25) is 5.02 Å². The molecule has 1 heterocycles. The van der Waals surface area contributed by atoms with E-state index in [1.807, 2.05) is 31.2 Å². The van der Waals surface area contributed by atoms with Crippen LogP contribution >= 0.6 is 11.6 Å². The highest BCUT2D eigenvalue weighted by Crippen LogP contribution is 2.43. The van der Waals surface area contributed by atoms with Gasteiger partial charge < -0.3 is 33.2 Å². The molecular formula is C33H39ClO10. The fourth-order valence-electron chi connectivity index (χ4n) is 4.89. The molecule has 0 amide bonds. The normalized spacial score (nSPS) is 21.1. The summed E-state index contributed by atoms with van der Waals surface area (Å²) in [6, 6.07) is 11.1. The van der Waals surface area contributed by atoms with Gasteiger partial charge in [-0.25, -0.2) is 0 Å². The third kappa shape index (κ3) is 9.57. The molecule has 0 unspecified atom stereocenters. The van der Waals surface area contributed by atoms with Crippen LogP contribution in [0.4, 0.5) is 0 Å². The van der Waals surface area contributed by atoms with E-state index in [9.17, 15) is 14.4 Å². The number of carbonyl (C=O) groups is 3. The van der Waals surface area contributed by atoms with Gasteiger partial charge in [-0.1, -0.05) is 42.5 Å². The molecule has 0 saturated carbocycles. The van der Waals surface area contributed by atoms with Gasteiger partial charge in [-0.05, 0) is 48.7 Å². The van der Waals surface area contributed by atoms with Crippen molar-refractivity contribution >= 4 is 29.5 Å². The monoisotopic (exact) mass is 630 g/mol. The highest BCUT2D eigenvalue weighted by Gasteiger charge is 2.53. The Morgan fingerprint density at radius 3 is 2.07 bits per heavy atom. The van der Waals surface area contributed by atoms with Gasteiger partial charge in [0, 0.05) is 31.4 Å². The quantitative estimate of drug-likeness (QED) is 0.111. The summed E-state index contributed by atoms with van der Waals surface area (Å²) in [5.74, 6) is -0.902. The zero-order chi connectivity index (χ0) is 32.2. The van der Waals surface area contributed by atoms with E-state index in [0.717, 1.165) is 16.9 Å². The number of halogens is 1. The van der Waals surface area contributed by atoms with E-state index in [1.165, 1.54) is 20.8 Å². The average molecular weight is 631 g/mol. The van der Waals surface area contributed by atoms with Crippen molar-refractivity contribution in [3.63, 3.8) is 0 Å². The molecule has 44 heavy (non-hydrogen) atoms. The highest BCUT2D eigenvalue weighted by molar-refractivity contribution is 6.31. The molecule has 0 spiro atoms. The van der Waals surface area contributed by atoms with Gasteiger partial charge in [-0.2, -0.15) is 0 Å². The third-order valence-corrected chi connectivity index (χ3v) is 6.88. The van der Waals surface area contributed by atoms with E-state index in [-0.39, 0.29) is 19.8 Å². The fourth-order valence-corrected chi connectivity index (χ4v) is 5.11. The second kappa shape index (κ2) is 16.8. The standard InChI is InChI=1S/C33H39ClO10/c1-7-14-38-19-29-31(41-20(4)35)33(43-22(6)37)32(42-21(5)36)30(44-29)26-17-24(27(34)18-28(26)40-15-8-2)16-23-10-12-25(13-11-23)39-9-3/h7-8,10-13,17-18,29-33H,1-2,9,14-16,19H2,3-6H3/t29-,30+,31-,32+,33+/m1/s1. The van der Waals surface area contributed by atoms with Crippen LogP contribution in [0, 0.1) is 0 Å². The minimum Gasteiger partial charge on any atom is -0.494 e. The van der Waals surface area contributed by atoms with Gasteiger partial charge in [-0.15, -0.1) is 6.58 Å². The molecule has 2 aromatic carbocycles.